The Hall–Kier alpha value is -1.90. The number of ether oxygens (including phenoxy) is 2. The van der Waals surface area contributed by atoms with E-state index in [1.54, 1.807) is 0 Å². The zero-order valence-electron chi connectivity index (χ0n) is 13.1. The predicted octanol–water partition coefficient (Wildman–Crippen LogP) is 5.40. The standard InChI is InChI=1S/C16H9Cl3F3NO4/c17-8-1-2-12(23-14(8)19)26-11-5-10-6(4-9(11)18)3-7(15(24)25)13(27-10)16(20,21)22/h1-2,4-5,7,13H,3H2,(H,24,25). The number of alkyl halides is 3. The lowest BCUT2D eigenvalue weighted by atomic mass is 9.90. The number of nitrogens with zero attached hydrogens (tertiary/aromatic N) is 1. The molecule has 1 aromatic carbocycles. The van der Waals surface area contributed by atoms with Gasteiger partial charge < -0.3 is 14.6 Å². The first kappa shape index (κ1) is 19.9. The van der Waals surface area contributed by atoms with Crippen LogP contribution in [0.5, 0.6) is 17.4 Å². The molecule has 1 aromatic heterocycles. The predicted molar refractivity (Wildman–Crippen MR) is 91.1 cm³/mol. The summed E-state index contributed by atoms with van der Waals surface area (Å²) in [6.45, 7) is 0. The molecule has 2 atom stereocenters. The van der Waals surface area contributed by atoms with Crippen molar-refractivity contribution < 1.29 is 32.5 Å². The van der Waals surface area contributed by atoms with Gasteiger partial charge in [-0.05, 0) is 24.1 Å². The highest BCUT2D eigenvalue weighted by molar-refractivity contribution is 6.41. The van der Waals surface area contributed by atoms with E-state index in [-0.39, 0.29) is 44.6 Å². The summed E-state index contributed by atoms with van der Waals surface area (Å²) in [5.41, 5.74) is 0.224. The van der Waals surface area contributed by atoms with E-state index < -0.39 is 24.2 Å². The molecular formula is C16H9Cl3F3NO4. The fourth-order valence-corrected chi connectivity index (χ4v) is 3.04. The molecule has 0 aliphatic carbocycles. The summed E-state index contributed by atoms with van der Waals surface area (Å²) in [7, 11) is 0. The van der Waals surface area contributed by atoms with Gasteiger partial charge in [0.15, 0.2) is 10.9 Å². The Kier molecular flexibility index (Phi) is 5.33. The normalized spacial score (nSPS) is 19.2. The molecule has 5 nitrogen and oxygen atoms in total. The lowest BCUT2D eigenvalue weighted by Gasteiger charge is -2.32. The van der Waals surface area contributed by atoms with Crippen LogP contribution in [0, 0.1) is 5.92 Å². The van der Waals surface area contributed by atoms with Crippen LogP contribution in [-0.4, -0.2) is 28.3 Å². The molecule has 1 N–H and O–H groups in total. The van der Waals surface area contributed by atoms with E-state index in [1.807, 2.05) is 0 Å². The summed E-state index contributed by atoms with van der Waals surface area (Å²) in [4.78, 5) is 15.1. The molecule has 144 valence electrons. The summed E-state index contributed by atoms with van der Waals surface area (Å²) >= 11 is 17.6. The number of carboxylic acids is 1. The number of benzene rings is 1. The van der Waals surface area contributed by atoms with Crippen LogP contribution in [0.2, 0.25) is 15.2 Å². The Morgan fingerprint density at radius 2 is 1.93 bits per heavy atom. The summed E-state index contributed by atoms with van der Waals surface area (Å²) in [6.07, 6.45) is -7.73. The van der Waals surface area contributed by atoms with Crippen LogP contribution < -0.4 is 9.47 Å². The third-order valence-corrected chi connectivity index (χ3v) is 4.79. The highest BCUT2D eigenvalue weighted by Gasteiger charge is 2.52. The minimum absolute atomic E-state index is 0.0119. The van der Waals surface area contributed by atoms with Gasteiger partial charge in [-0.1, -0.05) is 34.8 Å². The number of carboxylic acid groups (broad SMARTS) is 1. The molecule has 2 aromatic rings. The molecule has 3 rings (SSSR count). The molecule has 0 saturated heterocycles. The molecular weight excluding hydrogens is 434 g/mol. The maximum Gasteiger partial charge on any atom is 0.426 e. The minimum Gasteiger partial charge on any atom is -0.481 e. The SMILES string of the molecule is O=C(O)C1Cc2cc(Cl)c(Oc3ccc(Cl)c(Cl)n3)cc2OC1C(F)(F)F. The second-order valence-corrected chi connectivity index (χ2v) is 6.82. The van der Waals surface area contributed by atoms with Gasteiger partial charge in [0.25, 0.3) is 0 Å². The van der Waals surface area contributed by atoms with E-state index in [0.29, 0.717) is 0 Å². The van der Waals surface area contributed by atoms with Crippen molar-refractivity contribution in [3.8, 4) is 17.4 Å². The molecule has 0 amide bonds. The summed E-state index contributed by atoms with van der Waals surface area (Å²) in [6, 6.07) is 5.26. The Morgan fingerprint density at radius 1 is 1.22 bits per heavy atom. The van der Waals surface area contributed by atoms with Gasteiger partial charge in [-0.15, -0.1) is 0 Å². The van der Waals surface area contributed by atoms with E-state index in [4.69, 9.17) is 49.4 Å². The zero-order chi connectivity index (χ0) is 19.9. The fraction of sp³-hybridized carbons (Fsp3) is 0.250. The number of aliphatic carboxylic acids is 1. The Bertz CT molecular complexity index is 907. The smallest absolute Gasteiger partial charge is 0.426 e. The summed E-state index contributed by atoms with van der Waals surface area (Å²) in [5, 5.41) is 9.30. The lowest BCUT2D eigenvalue weighted by molar-refractivity contribution is -0.217. The van der Waals surface area contributed by atoms with Crippen molar-refractivity contribution in [1.82, 2.24) is 4.98 Å². The van der Waals surface area contributed by atoms with Gasteiger partial charge in [-0.3, -0.25) is 4.79 Å². The quantitative estimate of drug-likeness (QED) is 0.645. The van der Waals surface area contributed by atoms with Gasteiger partial charge in [0.1, 0.15) is 11.7 Å². The number of pyridine rings is 1. The maximum atomic E-state index is 13.2. The Morgan fingerprint density at radius 3 is 2.52 bits per heavy atom. The number of halogens is 6. The minimum atomic E-state index is -4.85. The van der Waals surface area contributed by atoms with Crippen LogP contribution in [0.4, 0.5) is 13.2 Å². The van der Waals surface area contributed by atoms with Gasteiger partial charge in [-0.2, -0.15) is 18.2 Å². The first-order chi connectivity index (χ1) is 12.6. The number of hydrogen-bond donors (Lipinski definition) is 1. The second kappa shape index (κ2) is 7.26. The molecule has 2 heterocycles. The van der Waals surface area contributed by atoms with Crippen molar-refractivity contribution in [2.75, 3.05) is 0 Å². The fourth-order valence-electron chi connectivity index (χ4n) is 2.57. The highest BCUT2D eigenvalue weighted by Crippen LogP contribution is 2.43. The molecule has 11 heteroatoms. The van der Waals surface area contributed by atoms with Crippen molar-refractivity contribution in [3.63, 3.8) is 0 Å². The van der Waals surface area contributed by atoms with E-state index in [1.165, 1.54) is 18.2 Å². The molecule has 0 fully saturated rings. The van der Waals surface area contributed by atoms with E-state index in [0.717, 1.165) is 6.07 Å². The third-order valence-electron chi connectivity index (χ3n) is 3.81. The number of fused-ring (bicyclic) bond motifs is 1. The second-order valence-electron chi connectivity index (χ2n) is 5.64. The number of rotatable bonds is 3. The molecule has 0 saturated carbocycles. The number of hydrogen-bond acceptors (Lipinski definition) is 4. The van der Waals surface area contributed by atoms with Gasteiger partial charge in [0.05, 0.1) is 10.0 Å². The monoisotopic (exact) mass is 441 g/mol. The first-order valence-corrected chi connectivity index (χ1v) is 8.48. The van der Waals surface area contributed by atoms with Gasteiger partial charge in [0, 0.05) is 12.1 Å². The average Bonchev–Trinajstić information content (AvgIpc) is 2.57. The summed E-state index contributed by atoms with van der Waals surface area (Å²) < 4.78 is 49.9. The molecule has 27 heavy (non-hydrogen) atoms. The van der Waals surface area contributed by atoms with E-state index >= 15 is 0 Å². The average molecular weight is 443 g/mol. The van der Waals surface area contributed by atoms with Crippen LogP contribution in [0.1, 0.15) is 5.56 Å². The van der Waals surface area contributed by atoms with Crippen LogP contribution in [0.25, 0.3) is 0 Å². The van der Waals surface area contributed by atoms with Crippen molar-refractivity contribution in [3.05, 3.63) is 45.0 Å². The molecule has 0 bridgehead atoms. The van der Waals surface area contributed by atoms with E-state index in [2.05, 4.69) is 4.98 Å². The van der Waals surface area contributed by atoms with Crippen molar-refractivity contribution >= 4 is 40.8 Å². The molecule has 1 aliphatic rings. The van der Waals surface area contributed by atoms with Gasteiger partial charge in [0.2, 0.25) is 12.0 Å². The largest absolute Gasteiger partial charge is 0.481 e. The van der Waals surface area contributed by atoms with Gasteiger partial charge >= 0.3 is 12.1 Å². The summed E-state index contributed by atoms with van der Waals surface area (Å²) in [5.74, 6) is -3.58. The number of aromatic nitrogens is 1. The van der Waals surface area contributed by atoms with Crippen molar-refractivity contribution in [2.45, 2.75) is 18.7 Å². The molecule has 0 spiro atoms. The molecule has 1 aliphatic heterocycles. The van der Waals surface area contributed by atoms with Crippen LogP contribution in [0.15, 0.2) is 24.3 Å². The third kappa shape index (κ3) is 4.17. The molecule has 2 unspecified atom stereocenters. The van der Waals surface area contributed by atoms with Crippen LogP contribution >= 0.6 is 34.8 Å². The van der Waals surface area contributed by atoms with Crippen LogP contribution in [0.3, 0.4) is 0 Å². The highest BCUT2D eigenvalue weighted by atomic mass is 35.5. The van der Waals surface area contributed by atoms with Crippen molar-refractivity contribution in [2.24, 2.45) is 5.92 Å². The Labute approximate surface area is 165 Å². The van der Waals surface area contributed by atoms with Crippen LogP contribution in [-0.2, 0) is 11.2 Å². The maximum absolute atomic E-state index is 13.2. The first-order valence-electron chi connectivity index (χ1n) is 7.34. The topological polar surface area (TPSA) is 68.7 Å². The lowest BCUT2D eigenvalue weighted by Crippen LogP contribution is -2.47. The Balaban J connectivity index is 1.95. The number of carbonyl (C=O) groups is 1. The van der Waals surface area contributed by atoms with Gasteiger partial charge in [-0.25, -0.2) is 0 Å². The molecule has 0 radical (unpaired) electrons. The zero-order valence-corrected chi connectivity index (χ0v) is 15.3. The van der Waals surface area contributed by atoms with E-state index in [9.17, 15) is 18.0 Å². The van der Waals surface area contributed by atoms with Crippen molar-refractivity contribution in [1.29, 1.82) is 0 Å².